The first-order chi connectivity index (χ1) is 6.31. The van der Waals surface area contributed by atoms with Gasteiger partial charge >= 0.3 is 0 Å². The van der Waals surface area contributed by atoms with Crippen LogP contribution in [0.25, 0.3) is 0 Å². The number of nitrogens with zero attached hydrogens (tertiary/aromatic N) is 1. The van der Waals surface area contributed by atoms with Crippen LogP contribution in [-0.4, -0.2) is 13.1 Å². The summed E-state index contributed by atoms with van der Waals surface area (Å²) in [5.41, 5.74) is 2.92. The Morgan fingerprint density at radius 2 is 2.31 bits per heavy atom. The van der Waals surface area contributed by atoms with Gasteiger partial charge in [0, 0.05) is 23.2 Å². The molecule has 0 amide bonds. The Bertz CT molecular complexity index is 309. The quantitative estimate of drug-likeness (QED) is 0.728. The second-order valence-electron chi connectivity index (χ2n) is 3.46. The molecule has 1 aromatic rings. The van der Waals surface area contributed by atoms with Crippen LogP contribution in [0.2, 0.25) is 0 Å². The second kappa shape index (κ2) is 3.70. The molecule has 70 valence electrons. The van der Waals surface area contributed by atoms with E-state index in [-0.39, 0.29) is 0 Å². The topological polar surface area (TPSA) is 3.24 Å². The van der Waals surface area contributed by atoms with E-state index in [1.807, 2.05) is 0 Å². The molecule has 1 nitrogen and oxygen atoms in total. The van der Waals surface area contributed by atoms with Crippen LogP contribution in [0.1, 0.15) is 18.9 Å². The number of aryl methyl sites for hydroxylation is 1. The summed E-state index contributed by atoms with van der Waals surface area (Å²) in [6, 6.07) is 6.60. The first-order valence-corrected chi connectivity index (χ1v) is 5.64. The SMILES string of the molecule is CCN1CCCc2cc(Br)ccc21. The Kier molecular flexibility index (Phi) is 2.58. The van der Waals surface area contributed by atoms with Crippen molar-refractivity contribution >= 4 is 21.6 Å². The molecule has 0 unspecified atom stereocenters. The van der Waals surface area contributed by atoms with Gasteiger partial charge in [-0.2, -0.15) is 0 Å². The molecule has 0 aliphatic carbocycles. The fourth-order valence-electron chi connectivity index (χ4n) is 1.97. The van der Waals surface area contributed by atoms with Crippen molar-refractivity contribution in [2.45, 2.75) is 19.8 Å². The van der Waals surface area contributed by atoms with Gasteiger partial charge in [0.05, 0.1) is 0 Å². The standard InChI is InChI=1S/C11H14BrN/c1-2-13-7-3-4-9-8-10(12)5-6-11(9)13/h5-6,8H,2-4,7H2,1H3. The fraction of sp³-hybridized carbons (Fsp3) is 0.455. The molecular weight excluding hydrogens is 226 g/mol. The van der Waals surface area contributed by atoms with E-state index in [9.17, 15) is 0 Å². The van der Waals surface area contributed by atoms with Gasteiger partial charge in [-0.05, 0) is 43.5 Å². The van der Waals surface area contributed by atoms with Crippen molar-refractivity contribution in [2.24, 2.45) is 0 Å². The minimum absolute atomic E-state index is 1.12. The minimum Gasteiger partial charge on any atom is -0.372 e. The number of halogens is 1. The maximum Gasteiger partial charge on any atom is 0.0399 e. The van der Waals surface area contributed by atoms with Crippen molar-refractivity contribution in [3.8, 4) is 0 Å². The van der Waals surface area contributed by atoms with E-state index < -0.39 is 0 Å². The summed E-state index contributed by atoms with van der Waals surface area (Å²) in [5, 5.41) is 0. The highest BCUT2D eigenvalue weighted by molar-refractivity contribution is 9.10. The van der Waals surface area contributed by atoms with E-state index >= 15 is 0 Å². The van der Waals surface area contributed by atoms with Crippen LogP contribution in [0, 0.1) is 0 Å². The molecule has 0 fully saturated rings. The number of hydrogen-bond acceptors (Lipinski definition) is 1. The maximum atomic E-state index is 3.51. The number of fused-ring (bicyclic) bond motifs is 1. The van der Waals surface area contributed by atoms with E-state index in [1.54, 1.807) is 0 Å². The van der Waals surface area contributed by atoms with Crippen LogP contribution in [0.3, 0.4) is 0 Å². The van der Waals surface area contributed by atoms with Gasteiger partial charge in [0.2, 0.25) is 0 Å². The van der Waals surface area contributed by atoms with Crippen molar-refractivity contribution in [3.05, 3.63) is 28.2 Å². The Morgan fingerprint density at radius 3 is 3.08 bits per heavy atom. The van der Waals surface area contributed by atoms with Crippen LogP contribution in [0.4, 0.5) is 5.69 Å². The molecule has 1 aliphatic heterocycles. The molecule has 2 heteroatoms. The van der Waals surface area contributed by atoms with Gasteiger partial charge in [-0.1, -0.05) is 15.9 Å². The first-order valence-electron chi connectivity index (χ1n) is 4.84. The van der Waals surface area contributed by atoms with Gasteiger partial charge in [0.25, 0.3) is 0 Å². The molecule has 2 rings (SSSR count). The predicted octanol–water partition coefficient (Wildman–Crippen LogP) is 3.22. The highest BCUT2D eigenvalue weighted by atomic mass is 79.9. The molecule has 1 heterocycles. The van der Waals surface area contributed by atoms with E-state index in [2.05, 4.69) is 46.0 Å². The lowest BCUT2D eigenvalue weighted by atomic mass is 10.0. The van der Waals surface area contributed by atoms with Gasteiger partial charge in [0.15, 0.2) is 0 Å². The molecule has 1 aliphatic rings. The summed E-state index contributed by atoms with van der Waals surface area (Å²) in [6.45, 7) is 4.55. The molecule has 0 atom stereocenters. The highest BCUT2D eigenvalue weighted by Crippen LogP contribution is 2.29. The summed E-state index contributed by atoms with van der Waals surface area (Å²) < 4.78 is 1.20. The van der Waals surface area contributed by atoms with Crippen molar-refractivity contribution in [1.29, 1.82) is 0 Å². The lowest BCUT2D eigenvalue weighted by Crippen LogP contribution is -2.28. The van der Waals surface area contributed by atoms with Gasteiger partial charge < -0.3 is 4.90 Å². The lowest BCUT2D eigenvalue weighted by Gasteiger charge is -2.30. The van der Waals surface area contributed by atoms with Crippen LogP contribution >= 0.6 is 15.9 Å². The largest absolute Gasteiger partial charge is 0.372 e. The van der Waals surface area contributed by atoms with E-state index in [1.165, 1.54) is 35.1 Å². The van der Waals surface area contributed by atoms with Crippen LogP contribution in [0.15, 0.2) is 22.7 Å². The summed E-state index contributed by atoms with van der Waals surface area (Å²) in [5.74, 6) is 0. The predicted molar refractivity (Wildman–Crippen MR) is 60.4 cm³/mol. The van der Waals surface area contributed by atoms with Gasteiger partial charge in [-0.15, -0.1) is 0 Å². The third kappa shape index (κ3) is 1.73. The molecule has 1 aromatic carbocycles. The molecular formula is C11H14BrN. The molecule has 0 saturated heterocycles. The molecule has 13 heavy (non-hydrogen) atoms. The van der Waals surface area contributed by atoms with Crippen molar-refractivity contribution in [1.82, 2.24) is 0 Å². The molecule has 0 N–H and O–H groups in total. The van der Waals surface area contributed by atoms with Crippen molar-refractivity contribution in [2.75, 3.05) is 18.0 Å². The third-order valence-electron chi connectivity index (χ3n) is 2.64. The number of rotatable bonds is 1. The van der Waals surface area contributed by atoms with Gasteiger partial charge in [-0.25, -0.2) is 0 Å². The molecule has 0 spiro atoms. The number of anilines is 1. The van der Waals surface area contributed by atoms with Crippen LogP contribution in [0.5, 0.6) is 0 Å². The number of hydrogen-bond donors (Lipinski definition) is 0. The van der Waals surface area contributed by atoms with Crippen LogP contribution in [-0.2, 0) is 6.42 Å². The Morgan fingerprint density at radius 1 is 1.46 bits per heavy atom. The average molecular weight is 240 g/mol. The van der Waals surface area contributed by atoms with Gasteiger partial charge in [0.1, 0.15) is 0 Å². The lowest BCUT2D eigenvalue weighted by molar-refractivity contribution is 0.707. The minimum atomic E-state index is 1.12. The zero-order valence-electron chi connectivity index (χ0n) is 7.89. The normalized spacial score (nSPS) is 15.7. The Balaban J connectivity index is 2.40. The van der Waals surface area contributed by atoms with E-state index in [0.717, 1.165) is 6.54 Å². The zero-order chi connectivity index (χ0) is 9.26. The monoisotopic (exact) mass is 239 g/mol. The van der Waals surface area contributed by atoms with Gasteiger partial charge in [-0.3, -0.25) is 0 Å². The highest BCUT2D eigenvalue weighted by Gasteiger charge is 2.14. The molecule has 0 bridgehead atoms. The average Bonchev–Trinajstić information content (AvgIpc) is 2.16. The summed E-state index contributed by atoms with van der Waals surface area (Å²) in [6.07, 6.45) is 2.52. The summed E-state index contributed by atoms with van der Waals surface area (Å²) >= 11 is 3.51. The Labute approximate surface area is 87.9 Å². The Hall–Kier alpha value is -0.500. The summed E-state index contributed by atoms with van der Waals surface area (Å²) in [4.78, 5) is 2.45. The van der Waals surface area contributed by atoms with E-state index in [0.29, 0.717) is 0 Å². The van der Waals surface area contributed by atoms with Crippen molar-refractivity contribution in [3.63, 3.8) is 0 Å². The second-order valence-corrected chi connectivity index (χ2v) is 4.37. The van der Waals surface area contributed by atoms with Crippen LogP contribution < -0.4 is 4.90 Å². The maximum absolute atomic E-state index is 3.51. The van der Waals surface area contributed by atoms with E-state index in [4.69, 9.17) is 0 Å². The summed E-state index contributed by atoms with van der Waals surface area (Å²) in [7, 11) is 0. The molecule has 0 aromatic heterocycles. The number of benzene rings is 1. The van der Waals surface area contributed by atoms with Crippen molar-refractivity contribution < 1.29 is 0 Å². The first kappa shape index (κ1) is 9.07. The fourth-order valence-corrected chi connectivity index (χ4v) is 2.38. The third-order valence-corrected chi connectivity index (χ3v) is 3.13. The smallest absolute Gasteiger partial charge is 0.0399 e. The molecule has 0 radical (unpaired) electrons. The zero-order valence-corrected chi connectivity index (χ0v) is 9.47. The molecule has 0 saturated carbocycles.